The Bertz CT molecular complexity index is 564. The number of hydrogen-bond donors (Lipinski definition) is 3. The standard InChI is InChI=1S/C17H27N5O.HI/c1-4-22(3)10-9-19-17(18-2)20-12-13-11-16(23)21-15-8-6-5-7-14(13)15;/h5-8,13H,4,9-12H2,1-3H3,(H,21,23)(H2,18,19,20);1H. The first-order valence-electron chi connectivity index (χ1n) is 8.15. The van der Waals surface area contributed by atoms with Crippen molar-refractivity contribution in [3.05, 3.63) is 29.8 Å². The molecule has 0 saturated carbocycles. The Morgan fingerprint density at radius 1 is 1.38 bits per heavy atom. The highest BCUT2D eigenvalue weighted by Crippen LogP contribution is 2.31. The molecule has 0 aliphatic carbocycles. The topological polar surface area (TPSA) is 68.8 Å². The van der Waals surface area contributed by atoms with Gasteiger partial charge in [0.2, 0.25) is 5.91 Å². The maximum absolute atomic E-state index is 11.8. The Labute approximate surface area is 161 Å². The molecular weight excluding hydrogens is 417 g/mol. The fourth-order valence-electron chi connectivity index (χ4n) is 2.65. The van der Waals surface area contributed by atoms with Gasteiger partial charge in [0.25, 0.3) is 0 Å². The summed E-state index contributed by atoms with van der Waals surface area (Å²) < 4.78 is 0. The molecule has 0 saturated heterocycles. The van der Waals surface area contributed by atoms with Crippen molar-refractivity contribution < 1.29 is 4.79 Å². The number of fused-ring (bicyclic) bond motifs is 1. The van der Waals surface area contributed by atoms with Crippen LogP contribution < -0.4 is 16.0 Å². The largest absolute Gasteiger partial charge is 0.356 e. The van der Waals surface area contributed by atoms with Crippen LogP contribution in [0.2, 0.25) is 0 Å². The zero-order chi connectivity index (χ0) is 16.7. The zero-order valence-electron chi connectivity index (χ0n) is 14.6. The van der Waals surface area contributed by atoms with E-state index >= 15 is 0 Å². The predicted octanol–water partition coefficient (Wildman–Crippen LogP) is 1.85. The number of likely N-dealkylation sites (N-methyl/N-ethyl adjacent to an activating group) is 1. The third-order valence-corrected chi connectivity index (χ3v) is 4.17. The van der Waals surface area contributed by atoms with E-state index in [1.165, 1.54) is 5.56 Å². The lowest BCUT2D eigenvalue weighted by Crippen LogP contribution is -2.43. The Hall–Kier alpha value is -1.35. The molecule has 1 aliphatic rings. The predicted molar refractivity (Wildman–Crippen MR) is 110 cm³/mol. The van der Waals surface area contributed by atoms with Gasteiger partial charge < -0.3 is 20.9 Å². The Morgan fingerprint density at radius 2 is 2.12 bits per heavy atom. The second kappa shape index (κ2) is 10.5. The molecule has 3 N–H and O–H groups in total. The quantitative estimate of drug-likeness (QED) is 0.355. The number of para-hydroxylation sites is 1. The fourth-order valence-corrected chi connectivity index (χ4v) is 2.65. The minimum Gasteiger partial charge on any atom is -0.356 e. The van der Waals surface area contributed by atoms with E-state index in [9.17, 15) is 4.79 Å². The van der Waals surface area contributed by atoms with E-state index in [1.807, 2.05) is 18.2 Å². The molecular formula is C17H28IN5O. The van der Waals surface area contributed by atoms with Gasteiger partial charge in [0.15, 0.2) is 5.96 Å². The maximum Gasteiger partial charge on any atom is 0.225 e. The van der Waals surface area contributed by atoms with Gasteiger partial charge in [-0.05, 0) is 25.2 Å². The molecule has 2 rings (SSSR count). The van der Waals surface area contributed by atoms with Crippen molar-refractivity contribution in [3.8, 4) is 0 Å². The molecule has 1 aromatic rings. The van der Waals surface area contributed by atoms with E-state index in [-0.39, 0.29) is 35.8 Å². The Balaban J connectivity index is 0.00000288. The number of guanidine groups is 1. The number of hydrogen-bond acceptors (Lipinski definition) is 3. The van der Waals surface area contributed by atoms with Gasteiger partial charge in [-0.15, -0.1) is 24.0 Å². The third kappa shape index (κ3) is 5.94. The van der Waals surface area contributed by atoms with E-state index < -0.39 is 0 Å². The number of halogens is 1. The monoisotopic (exact) mass is 445 g/mol. The van der Waals surface area contributed by atoms with Crippen molar-refractivity contribution >= 4 is 41.5 Å². The maximum atomic E-state index is 11.8. The van der Waals surface area contributed by atoms with Crippen LogP contribution in [0.5, 0.6) is 0 Å². The van der Waals surface area contributed by atoms with Crippen LogP contribution in [0.15, 0.2) is 29.3 Å². The van der Waals surface area contributed by atoms with Gasteiger partial charge >= 0.3 is 0 Å². The number of rotatable bonds is 6. The average Bonchev–Trinajstić information content (AvgIpc) is 2.57. The highest BCUT2D eigenvalue weighted by Gasteiger charge is 2.24. The highest BCUT2D eigenvalue weighted by atomic mass is 127. The highest BCUT2D eigenvalue weighted by molar-refractivity contribution is 14.0. The summed E-state index contributed by atoms with van der Waals surface area (Å²) in [5.74, 6) is 1.01. The summed E-state index contributed by atoms with van der Waals surface area (Å²) in [6, 6.07) is 7.98. The second-order valence-electron chi connectivity index (χ2n) is 5.81. The summed E-state index contributed by atoms with van der Waals surface area (Å²) in [5, 5.41) is 9.57. The summed E-state index contributed by atoms with van der Waals surface area (Å²) in [5.41, 5.74) is 2.10. The van der Waals surface area contributed by atoms with E-state index in [4.69, 9.17) is 0 Å². The zero-order valence-corrected chi connectivity index (χ0v) is 17.0. The van der Waals surface area contributed by atoms with Crippen LogP contribution in [0, 0.1) is 0 Å². The van der Waals surface area contributed by atoms with Crippen LogP contribution in [-0.4, -0.2) is 57.0 Å². The van der Waals surface area contributed by atoms with Crippen molar-refractivity contribution in [2.45, 2.75) is 19.3 Å². The molecule has 0 radical (unpaired) electrons. The minimum absolute atomic E-state index is 0. The van der Waals surface area contributed by atoms with Crippen LogP contribution in [-0.2, 0) is 4.79 Å². The van der Waals surface area contributed by atoms with Gasteiger partial charge in [-0.1, -0.05) is 25.1 Å². The van der Waals surface area contributed by atoms with Crippen LogP contribution in [0.3, 0.4) is 0 Å². The van der Waals surface area contributed by atoms with Gasteiger partial charge in [0.05, 0.1) is 0 Å². The minimum atomic E-state index is 0. The fraction of sp³-hybridized carbons (Fsp3) is 0.529. The number of anilines is 1. The lowest BCUT2D eigenvalue weighted by atomic mass is 9.90. The van der Waals surface area contributed by atoms with Crippen molar-refractivity contribution in [1.82, 2.24) is 15.5 Å². The van der Waals surface area contributed by atoms with E-state index in [0.29, 0.717) is 13.0 Å². The molecule has 1 amide bonds. The number of amides is 1. The van der Waals surface area contributed by atoms with E-state index in [2.05, 4.69) is 45.9 Å². The third-order valence-electron chi connectivity index (χ3n) is 4.17. The summed E-state index contributed by atoms with van der Waals surface area (Å²) in [6.45, 7) is 5.66. The van der Waals surface area contributed by atoms with Crippen molar-refractivity contribution in [1.29, 1.82) is 0 Å². The molecule has 0 fully saturated rings. The SMILES string of the molecule is CCN(C)CCNC(=NC)NCC1CC(=O)Nc2ccccc21.I. The normalized spacial score (nSPS) is 16.9. The summed E-state index contributed by atoms with van der Waals surface area (Å²) in [7, 11) is 3.86. The number of nitrogens with zero attached hydrogens (tertiary/aromatic N) is 2. The van der Waals surface area contributed by atoms with Gasteiger partial charge in [-0.3, -0.25) is 9.79 Å². The molecule has 0 spiro atoms. The van der Waals surface area contributed by atoms with Gasteiger partial charge in [0, 0.05) is 44.7 Å². The second-order valence-corrected chi connectivity index (χ2v) is 5.81. The van der Waals surface area contributed by atoms with Gasteiger partial charge in [-0.25, -0.2) is 0 Å². The molecule has 1 aliphatic heterocycles. The lowest BCUT2D eigenvalue weighted by Gasteiger charge is -2.26. The van der Waals surface area contributed by atoms with Crippen molar-refractivity contribution in [2.24, 2.45) is 4.99 Å². The summed E-state index contributed by atoms with van der Waals surface area (Å²) in [4.78, 5) is 18.3. The number of aliphatic imine (C=N–C) groups is 1. The van der Waals surface area contributed by atoms with E-state index in [0.717, 1.165) is 31.3 Å². The molecule has 1 unspecified atom stereocenters. The van der Waals surface area contributed by atoms with Crippen molar-refractivity contribution in [3.63, 3.8) is 0 Å². The lowest BCUT2D eigenvalue weighted by molar-refractivity contribution is -0.116. The first-order valence-corrected chi connectivity index (χ1v) is 8.15. The first-order chi connectivity index (χ1) is 11.1. The number of nitrogens with one attached hydrogen (secondary N) is 3. The van der Waals surface area contributed by atoms with Crippen LogP contribution >= 0.6 is 24.0 Å². The summed E-state index contributed by atoms with van der Waals surface area (Å²) >= 11 is 0. The van der Waals surface area contributed by atoms with Gasteiger partial charge in [0.1, 0.15) is 0 Å². The molecule has 1 heterocycles. The Kier molecular flexibility index (Phi) is 9.05. The van der Waals surface area contributed by atoms with E-state index in [1.54, 1.807) is 7.05 Å². The smallest absolute Gasteiger partial charge is 0.225 e. The molecule has 1 atom stereocenters. The molecule has 0 aromatic heterocycles. The average molecular weight is 445 g/mol. The molecule has 24 heavy (non-hydrogen) atoms. The molecule has 0 bridgehead atoms. The number of carbonyl (C=O) groups is 1. The van der Waals surface area contributed by atoms with Crippen LogP contribution in [0.4, 0.5) is 5.69 Å². The number of benzene rings is 1. The molecule has 134 valence electrons. The number of carbonyl (C=O) groups excluding carboxylic acids is 1. The van der Waals surface area contributed by atoms with Crippen LogP contribution in [0.1, 0.15) is 24.8 Å². The Morgan fingerprint density at radius 3 is 2.83 bits per heavy atom. The van der Waals surface area contributed by atoms with Crippen molar-refractivity contribution in [2.75, 3.05) is 45.6 Å². The van der Waals surface area contributed by atoms with Gasteiger partial charge in [-0.2, -0.15) is 0 Å². The molecule has 1 aromatic carbocycles. The summed E-state index contributed by atoms with van der Waals surface area (Å²) in [6.07, 6.45) is 0.500. The van der Waals surface area contributed by atoms with Crippen LogP contribution in [0.25, 0.3) is 0 Å². The molecule has 7 heteroatoms. The first kappa shape index (κ1) is 20.7. The molecule has 6 nitrogen and oxygen atoms in total.